The second-order valence-electron chi connectivity index (χ2n) is 7.32. The van der Waals surface area contributed by atoms with Crippen LogP contribution in [0.2, 0.25) is 0 Å². The fourth-order valence-corrected chi connectivity index (χ4v) is 3.87. The van der Waals surface area contributed by atoms with Crippen molar-refractivity contribution in [1.29, 1.82) is 0 Å². The van der Waals surface area contributed by atoms with Crippen LogP contribution in [0.5, 0.6) is 0 Å². The quantitative estimate of drug-likeness (QED) is 0.385. The number of rotatable bonds is 8. The van der Waals surface area contributed by atoms with Gasteiger partial charge in [0.15, 0.2) is 0 Å². The molecule has 0 saturated carbocycles. The maximum atomic E-state index is 13.1. The lowest BCUT2D eigenvalue weighted by Crippen LogP contribution is -2.43. The van der Waals surface area contributed by atoms with Crippen molar-refractivity contribution in [3.05, 3.63) is 82.9 Å². The van der Waals surface area contributed by atoms with Crippen LogP contribution in [-0.2, 0) is 11.2 Å². The predicted octanol–water partition coefficient (Wildman–Crippen LogP) is 4.07. The van der Waals surface area contributed by atoms with Gasteiger partial charge in [0.2, 0.25) is 5.91 Å². The third-order valence-electron chi connectivity index (χ3n) is 5.44. The number of nitro groups is 1. The fourth-order valence-electron chi connectivity index (χ4n) is 3.87. The van der Waals surface area contributed by atoms with Crippen molar-refractivity contribution >= 4 is 17.3 Å². The Bertz CT molecular complexity index is 845. The number of piperidine rings is 1. The summed E-state index contributed by atoms with van der Waals surface area (Å²) < 4.78 is 0. The van der Waals surface area contributed by atoms with E-state index in [0.29, 0.717) is 44.7 Å². The first-order valence-corrected chi connectivity index (χ1v) is 10.0. The minimum Gasteiger partial charge on any atom is -0.366 e. The molecule has 1 amide bonds. The number of anilines is 1. The van der Waals surface area contributed by atoms with Crippen molar-refractivity contribution < 1.29 is 9.72 Å². The molecule has 0 aliphatic carbocycles. The van der Waals surface area contributed by atoms with E-state index in [1.807, 2.05) is 34.1 Å². The Labute approximate surface area is 171 Å². The molecule has 6 nitrogen and oxygen atoms in total. The molecule has 0 radical (unpaired) electrons. The molecule has 0 aromatic heterocycles. The number of para-hydroxylation sites is 2. The first-order chi connectivity index (χ1) is 14.1. The second-order valence-corrected chi connectivity index (χ2v) is 7.32. The molecule has 0 spiro atoms. The lowest BCUT2D eigenvalue weighted by atomic mass is 9.94. The lowest BCUT2D eigenvalue weighted by molar-refractivity contribution is -0.384. The SMILES string of the molecule is C=CCN(CCc1ccccc1)C(=O)C1CCN(c2ccccc2[N+](=O)[O-])CC1. The molecule has 1 fully saturated rings. The molecule has 0 unspecified atom stereocenters. The van der Waals surface area contributed by atoms with Gasteiger partial charge in [-0.3, -0.25) is 14.9 Å². The summed E-state index contributed by atoms with van der Waals surface area (Å²) in [6.45, 7) is 6.28. The predicted molar refractivity (Wildman–Crippen MR) is 115 cm³/mol. The Morgan fingerprint density at radius 1 is 1.14 bits per heavy atom. The van der Waals surface area contributed by atoms with E-state index in [0.717, 1.165) is 6.42 Å². The van der Waals surface area contributed by atoms with Gasteiger partial charge in [-0.1, -0.05) is 48.5 Å². The Balaban J connectivity index is 1.60. The van der Waals surface area contributed by atoms with E-state index >= 15 is 0 Å². The Hall–Kier alpha value is -3.15. The zero-order valence-corrected chi connectivity index (χ0v) is 16.6. The number of carbonyl (C=O) groups is 1. The summed E-state index contributed by atoms with van der Waals surface area (Å²) in [5.74, 6) is 0.104. The molecule has 152 valence electrons. The molecule has 0 bridgehead atoms. The van der Waals surface area contributed by atoms with E-state index < -0.39 is 0 Å². The number of hydrogen-bond acceptors (Lipinski definition) is 4. The highest BCUT2D eigenvalue weighted by atomic mass is 16.6. The Kier molecular flexibility index (Phi) is 7.00. The van der Waals surface area contributed by atoms with Crippen LogP contribution < -0.4 is 4.90 Å². The molecule has 1 heterocycles. The summed E-state index contributed by atoms with van der Waals surface area (Å²) in [4.78, 5) is 27.9. The number of carbonyl (C=O) groups excluding carboxylic acids is 1. The highest BCUT2D eigenvalue weighted by molar-refractivity contribution is 5.79. The zero-order chi connectivity index (χ0) is 20.6. The van der Waals surface area contributed by atoms with Crippen LogP contribution in [0.3, 0.4) is 0 Å². The van der Waals surface area contributed by atoms with Gasteiger partial charge in [0.1, 0.15) is 5.69 Å². The van der Waals surface area contributed by atoms with Crippen molar-refractivity contribution in [2.75, 3.05) is 31.1 Å². The van der Waals surface area contributed by atoms with Crippen molar-refractivity contribution in [2.45, 2.75) is 19.3 Å². The topological polar surface area (TPSA) is 66.7 Å². The summed E-state index contributed by atoms with van der Waals surface area (Å²) in [7, 11) is 0. The third kappa shape index (κ3) is 5.22. The van der Waals surface area contributed by atoms with Gasteiger partial charge in [0.25, 0.3) is 5.69 Å². The van der Waals surface area contributed by atoms with Crippen LogP contribution in [-0.4, -0.2) is 41.9 Å². The van der Waals surface area contributed by atoms with E-state index in [4.69, 9.17) is 0 Å². The first-order valence-electron chi connectivity index (χ1n) is 10.0. The standard InChI is InChI=1S/C23H27N3O3/c1-2-15-25(16-12-19-8-4-3-5-9-19)23(27)20-13-17-24(18-14-20)21-10-6-7-11-22(21)26(28)29/h2-11,20H,1,12-18H2. The van der Waals surface area contributed by atoms with E-state index in [2.05, 4.69) is 18.7 Å². The van der Waals surface area contributed by atoms with Crippen LogP contribution in [0.15, 0.2) is 67.3 Å². The molecular weight excluding hydrogens is 366 g/mol. The third-order valence-corrected chi connectivity index (χ3v) is 5.44. The van der Waals surface area contributed by atoms with Crippen LogP contribution in [0.4, 0.5) is 11.4 Å². The maximum Gasteiger partial charge on any atom is 0.292 e. The molecule has 3 rings (SSSR count). The highest BCUT2D eigenvalue weighted by Crippen LogP contribution is 2.31. The molecule has 0 atom stereocenters. The number of benzene rings is 2. The highest BCUT2D eigenvalue weighted by Gasteiger charge is 2.30. The van der Waals surface area contributed by atoms with Crippen molar-refractivity contribution in [3.63, 3.8) is 0 Å². The average Bonchev–Trinajstić information content (AvgIpc) is 2.77. The Morgan fingerprint density at radius 3 is 2.45 bits per heavy atom. The van der Waals surface area contributed by atoms with Crippen LogP contribution >= 0.6 is 0 Å². The summed E-state index contributed by atoms with van der Waals surface area (Å²) in [6, 6.07) is 16.9. The largest absolute Gasteiger partial charge is 0.366 e. The minimum absolute atomic E-state index is 0.0512. The zero-order valence-electron chi connectivity index (χ0n) is 16.6. The van der Waals surface area contributed by atoms with Crippen LogP contribution in [0.1, 0.15) is 18.4 Å². The first kappa shape index (κ1) is 20.6. The van der Waals surface area contributed by atoms with Gasteiger partial charge in [-0.15, -0.1) is 6.58 Å². The van der Waals surface area contributed by atoms with Crippen LogP contribution in [0.25, 0.3) is 0 Å². The summed E-state index contributed by atoms with van der Waals surface area (Å²) in [5, 5.41) is 11.3. The minimum atomic E-state index is -0.345. The molecule has 29 heavy (non-hydrogen) atoms. The molecule has 1 saturated heterocycles. The molecule has 2 aromatic rings. The molecular formula is C23H27N3O3. The van der Waals surface area contributed by atoms with Crippen LogP contribution in [0, 0.1) is 16.0 Å². The average molecular weight is 393 g/mol. The smallest absolute Gasteiger partial charge is 0.292 e. The van der Waals surface area contributed by atoms with Gasteiger partial charge < -0.3 is 9.80 Å². The van der Waals surface area contributed by atoms with E-state index in [-0.39, 0.29) is 22.4 Å². The van der Waals surface area contributed by atoms with E-state index in [9.17, 15) is 14.9 Å². The van der Waals surface area contributed by atoms with Gasteiger partial charge in [0.05, 0.1) is 4.92 Å². The van der Waals surface area contributed by atoms with Crippen molar-refractivity contribution in [2.24, 2.45) is 5.92 Å². The lowest BCUT2D eigenvalue weighted by Gasteiger charge is -2.35. The number of amides is 1. The molecule has 0 N–H and O–H groups in total. The molecule has 6 heteroatoms. The molecule has 1 aliphatic rings. The van der Waals surface area contributed by atoms with Gasteiger partial charge >= 0.3 is 0 Å². The van der Waals surface area contributed by atoms with Gasteiger partial charge in [-0.25, -0.2) is 0 Å². The summed E-state index contributed by atoms with van der Waals surface area (Å²) in [6.07, 6.45) is 3.98. The fraction of sp³-hybridized carbons (Fsp3) is 0.348. The maximum absolute atomic E-state index is 13.1. The second kappa shape index (κ2) is 9.87. The van der Waals surface area contributed by atoms with Gasteiger partial charge in [-0.2, -0.15) is 0 Å². The Morgan fingerprint density at radius 2 is 1.79 bits per heavy atom. The summed E-state index contributed by atoms with van der Waals surface area (Å²) >= 11 is 0. The monoisotopic (exact) mass is 393 g/mol. The summed E-state index contributed by atoms with van der Waals surface area (Å²) in [5.41, 5.74) is 1.96. The van der Waals surface area contributed by atoms with E-state index in [1.54, 1.807) is 18.2 Å². The number of hydrogen-bond donors (Lipinski definition) is 0. The number of nitro benzene ring substituents is 1. The molecule has 1 aliphatic heterocycles. The van der Waals surface area contributed by atoms with Crippen molar-refractivity contribution in [3.8, 4) is 0 Å². The van der Waals surface area contributed by atoms with Crippen molar-refractivity contribution in [1.82, 2.24) is 4.90 Å². The molecule has 2 aromatic carbocycles. The normalized spacial score (nSPS) is 14.4. The van der Waals surface area contributed by atoms with E-state index in [1.165, 1.54) is 11.6 Å². The van der Waals surface area contributed by atoms with Gasteiger partial charge in [-0.05, 0) is 30.9 Å². The number of nitrogens with zero attached hydrogens (tertiary/aromatic N) is 3. The van der Waals surface area contributed by atoms with Gasteiger partial charge in [0, 0.05) is 38.2 Å².